The Bertz CT molecular complexity index is 2530. The number of aliphatic hydroxyl groups is 2. The Morgan fingerprint density at radius 3 is 1.13 bits per heavy atom. The molecule has 548 valence electrons. The number of ether oxygens (including phenoxy) is 4. The monoisotopic (exact) mass is 1620 g/mol. The average molecular weight is 1620 g/mol. The molecule has 30 heteroatoms. The molecule has 0 unspecified atom stereocenters. The van der Waals surface area contributed by atoms with Crippen LogP contribution in [0.25, 0.3) is 22.3 Å². The van der Waals surface area contributed by atoms with Gasteiger partial charge in [-0.3, -0.25) is 23.3 Å². The molecule has 95 heavy (non-hydrogen) atoms. The van der Waals surface area contributed by atoms with Crippen LogP contribution >= 0.6 is 80.2 Å². The zero-order valence-electron chi connectivity index (χ0n) is 55.5. The van der Waals surface area contributed by atoms with E-state index in [1.54, 1.807) is 38.1 Å². The van der Waals surface area contributed by atoms with Crippen molar-refractivity contribution in [1.29, 1.82) is 0 Å². The van der Waals surface area contributed by atoms with E-state index in [9.17, 15) is 32.9 Å². The lowest BCUT2D eigenvalue weighted by Gasteiger charge is -2.16. The Labute approximate surface area is 593 Å². The molecule has 4 aromatic carbocycles. The molecule has 0 radical (unpaired) electrons. The van der Waals surface area contributed by atoms with E-state index in [0.29, 0.717) is 109 Å². The summed E-state index contributed by atoms with van der Waals surface area (Å²) in [4.78, 5) is 77.2. The molecule has 0 spiro atoms. The number of hydrogen-bond donors (Lipinski definition) is 7. The van der Waals surface area contributed by atoms with E-state index in [1.807, 2.05) is 106 Å². The van der Waals surface area contributed by atoms with Crippen LogP contribution in [0.4, 0.5) is 0 Å². The van der Waals surface area contributed by atoms with Crippen LogP contribution in [-0.4, -0.2) is 167 Å². The fourth-order valence-electron chi connectivity index (χ4n) is 6.70. The largest absolute Gasteiger partial charge is 0.478 e. The quantitative estimate of drug-likeness (QED) is 0.00739. The number of carbonyl (C=O) groups excluding carboxylic acids is 3. The van der Waals surface area contributed by atoms with Crippen LogP contribution < -0.4 is 0 Å². The van der Waals surface area contributed by atoms with Gasteiger partial charge in [0.15, 0.2) is 0 Å². The van der Waals surface area contributed by atoms with E-state index in [-0.39, 0.29) is 61.9 Å². The van der Waals surface area contributed by atoms with Gasteiger partial charge >= 0.3 is 55.3 Å². The third-order valence-corrected chi connectivity index (χ3v) is 17.6. The number of unbranched alkanes of at least 4 members (excludes halogenated alkanes) is 5. The first-order chi connectivity index (χ1) is 44.4. The number of benzene rings is 4. The van der Waals surface area contributed by atoms with Crippen LogP contribution in [0.5, 0.6) is 0 Å². The predicted octanol–water partition coefficient (Wildman–Crippen LogP) is 16.3. The van der Waals surface area contributed by atoms with Gasteiger partial charge < -0.3 is 76.5 Å². The van der Waals surface area contributed by atoms with Crippen molar-refractivity contribution < 1.29 is 109 Å². The fourth-order valence-corrected chi connectivity index (χ4v) is 11.4. The van der Waals surface area contributed by atoms with Crippen molar-refractivity contribution in [3.8, 4) is 22.3 Å². The van der Waals surface area contributed by atoms with E-state index >= 15 is 0 Å². The maximum Gasteiger partial charge on any atom is 0.338 e. The first-order valence-electron chi connectivity index (χ1n) is 30.9. The highest BCUT2D eigenvalue weighted by Crippen LogP contribution is 2.48. The minimum absolute atomic E-state index is 0. The standard InChI is InChI=1S/C17H19O5P.C13H10O2.C10H21O5P.C6H11BrO2.C6H15O3P.C4H9BrO.C4H11O4P.C4H8O.CH4.BrH/c18-17(22-12-4-5-13-23(19,20)21)16-10-8-15(9-11-16)14-6-2-1-3-7-14;14-13(15)12-8-6-11(7-9-12)10-4-2-1-3-5-10;1-4-14-16(12,15-5-2)9-7-6-8-13-10(3)11;1-6(8)9-5-3-2-4-7;1-4-7-10(8-5-2)9-6-3;5-3-1-2-4-6;5-3-1-2-4-9(6,7)8;1-2-4-5-3-1;;/h1-3,6-11H,4-5,12-13H2,(H2,19,20,21);1-9H,(H,14,15);4-9H2,1-3H3;2-5H2,1H3;4-6H2,1-3H3;6H,1-4H2;5H,1-4H2,(H2,6,7,8);1-4H2;1H4;1H. The molecule has 0 atom stereocenters. The topological polar surface area (TPSA) is 344 Å². The van der Waals surface area contributed by atoms with Crippen LogP contribution in [0.2, 0.25) is 0 Å². The molecule has 1 heterocycles. The lowest BCUT2D eigenvalue weighted by atomic mass is 10.0. The van der Waals surface area contributed by atoms with Gasteiger partial charge in [-0.2, -0.15) is 0 Å². The molecule has 0 saturated carbocycles. The Hall–Kier alpha value is -3.16. The third kappa shape index (κ3) is 66.5. The van der Waals surface area contributed by atoms with E-state index in [2.05, 4.69) is 36.6 Å². The first-order valence-corrected chi connectivity index (χ1v) is 39.6. The van der Waals surface area contributed by atoms with Crippen molar-refractivity contribution in [3.63, 3.8) is 0 Å². The second kappa shape index (κ2) is 68.0. The van der Waals surface area contributed by atoms with Gasteiger partial charge in [0.1, 0.15) is 0 Å². The number of aliphatic hydroxyl groups excluding tert-OH is 2. The highest BCUT2D eigenvalue weighted by Gasteiger charge is 2.22. The first kappa shape index (κ1) is 100. The molecule has 0 aliphatic carbocycles. The molecule has 1 fully saturated rings. The number of carbonyl (C=O) groups is 4. The summed E-state index contributed by atoms with van der Waals surface area (Å²) in [7, 11) is -11.8. The summed E-state index contributed by atoms with van der Waals surface area (Å²) in [6.45, 7) is 18.2. The van der Waals surface area contributed by atoms with Gasteiger partial charge in [-0.1, -0.05) is 124 Å². The molecular weight excluding hydrogens is 1510 g/mol. The Morgan fingerprint density at radius 2 is 0.811 bits per heavy atom. The molecular formula is C65H109Br3O23P4. The summed E-state index contributed by atoms with van der Waals surface area (Å²) >= 11 is 6.52. The Morgan fingerprint density at radius 1 is 0.474 bits per heavy atom. The normalized spacial score (nSPS) is 11.2. The number of hydrogen-bond acceptors (Lipinski definition) is 18. The van der Waals surface area contributed by atoms with E-state index in [0.717, 1.165) is 71.8 Å². The highest BCUT2D eigenvalue weighted by atomic mass is 79.9. The summed E-state index contributed by atoms with van der Waals surface area (Å²) in [5.41, 5.74) is 4.98. The SMILES string of the molecule is Br.C.C1CCOC1.CC(=O)OCCCCBr.CCOP(=O)(CCCCOC(C)=O)OCC.CCOP(OCC)OCC.O=C(O)c1ccc(-c2ccccc2)cc1.O=C(OCCCCP(=O)(O)O)c1ccc(-c2ccccc2)cc1.O=P(O)(O)CCCCO.OCCCCBr. The molecule has 7 N–H and O–H groups in total. The molecule has 0 bridgehead atoms. The van der Waals surface area contributed by atoms with E-state index in [4.69, 9.17) is 71.7 Å². The van der Waals surface area contributed by atoms with E-state index in [1.165, 1.54) is 26.7 Å². The van der Waals surface area contributed by atoms with Gasteiger partial charge in [0.25, 0.3) is 0 Å². The number of aromatic carboxylic acids is 1. The minimum Gasteiger partial charge on any atom is -0.478 e. The molecule has 23 nitrogen and oxygen atoms in total. The summed E-state index contributed by atoms with van der Waals surface area (Å²) in [6, 6.07) is 33.7. The molecule has 0 amide bonds. The second-order valence-corrected chi connectivity index (χ2v) is 27.7. The van der Waals surface area contributed by atoms with Gasteiger partial charge in [-0.05, 0) is 158 Å². The predicted molar refractivity (Wildman–Crippen MR) is 391 cm³/mol. The number of carboxylic acid groups (broad SMARTS) is 1. The molecule has 4 aromatic rings. The van der Waals surface area contributed by atoms with Gasteiger partial charge in [0.05, 0.1) is 70.1 Å². The zero-order chi connectivity index (χ0) is 70.4. The van der Waals surface area contributed by atoms with Crippen molar-refractivity contribution in [1.82, 2.24) is 0 Å². The number of rotatable bonds is 35. The maximum atomic E-state index is 12.0. The van der Waals surface area contributed by atoms with Crippen molar-refractivity contribution in [2.75, 3.05) is 108 Å². The smallest absolute Gasteiger partial charge is 0.338 e. The Balaban J connectivity index is -0.000000338. The molecule has 1 aliphatic rings. The summed E-state index contributed by atoms with van der Waals surface area (Å²) in [6.07, 6.45) is 9.57. The second-order valence-electron chi connectivity index (χ2n) is 19.1. The number of alkyl halides is 2. The van der Waals surface area contributed by atoms with Crippen LogP contribution in [0, 0.1) is 0 Å². The third-order valence-electron chi connectivity index (χ3n) is 11.1. The molecule has 1 aliphatic heterocycles. The number of halogens is 3. The minimum atomic E-state index is -3.96. The van der Waals surface area contributed by atoms with Crippen molar-refractivity contribution in [2.45, 2.75) is 133 Å². The molecule has 5 rings (SSSR count). The zero-order valence-corrected chi connectivity index (χ0v) is 64.0. The van der Waals surface area contributed by atoms with Crippen LogP contribution in [0.15, 0.2) is 109 Å². The lowest BCUT2D eigenvalue weighted by molar-refractivity contribution is -0.142. The lowest BCUT2D eigenvalue weighted by Crippen LogP contribution is -2.06. The van der Waals surface area contributed by atoms with Crippen molar-refractivity contribution in [2.24, 2.45) is 0 Å². The van der Waals surface area contributed by atoms with Crippen LogP contribution in [0.1, 0.15) is 154 Å². The van der Waals surface area contributed by atoms with Gasteiger partial charge in [-0.25, -0.2) is 9.59 Å². The molecule has 1 saturated heterocycles. The Kier molecular flexibility index (Phi) is 71.9. The van der Waals surface area contributed by atoms with Gasteiger partial charge in [0, 0.05) is 63.3 Å². The van der Waals surface area contributed by atoms with Crippen molar-refractivity contribution >= 4 is 104 Å². The van der Waals surface area contributed by atoms with Crippen molar-refractivity contribution in [3.05, 3.63) is 120 Å². The number of carboxylic acids is 1. The van der Waals surface area contributed by atoms with E-state index < -0.39 is 43.3 Å². The summed E-state index contributed by atoms with van der Waals surface area (Å²) in [5, 5.41) is 27.1. The summed E-state index contributed by atoms with van der Waals surface area (Å²) in [5.74, 6) is -1.81. The maximum absolute atomic E-state index is 12.0. The molecule has 0 aromatic heterocycles. The highest BCUT2D eigenvalue weighted by molar-refractivity contribution is 9.09. The summed E-state index contributed by atoms with van der Waals surface area (Å²) < 4.78 is 77.9. The fraction of sp³-hybridized carbons (Fsp3) is 0.569. The van der Waals surface area contributed by atoms with Crippen LogP contribution in [-0.2, 0) is 64.9 Å². The number of esters is 3. The van der Waals surface area contributed by atoms with Gasteiger partial charge in [-0.15, -0.1) is 17.0 Å². The average Bonchev–Trinajstić information content (AvgIpc) is 1.16. The van der Waals surface area contributed by atoms with Crippen LogP contribution in [0.3, 0.4) is 0 Å². The van der Waals surface area contributed by atoms with Gasteiger partial charge in [0.2, 0.25) is 0 Å².